The van der Waals surface area contributed by atoms with Crippen LogP contribution in [-0.2, 0) is 0 Å². The molecule has 0 unspecified atom stereocenters. The number of amides is 1. The number of carbonyl (C=O) groups is 1. The summed E-state index contributed by atoms with van der Waals surface area (Å²) in [6, 6.07) is 8.13. The number of benzene rings is 2. The molecule has 1 amide bonds. The number of rotatable bonds is 5. The SMILES string of the molecule is COc1ccc(NC(=O)c2cnc(Nc3ccc(F)c(F)c3)nc2)cc1Cl. The zero-order chi connectivity index (χ0) is 19.4. The van der Waals surface area contributed by atoms with Crippen molar-refractivity contribution in [2.24, 2.45) is 0 Å². The van der Waals surface area contributed by atoms with Gasteiger partial charge in [0.15, 0.2) is 11.6 Å². The maximum absolute atomic E-state index is 13.2. The Kier molecular flexibility index (Phi) is 5.46. The molecule has 0 saturated heterocycles. The minimum absolute atomic E-state index is 0.130. The first-order valence-electron chi connectivity index (χ1n) is 7.65. The number of aromatic nitrogens is 2. The third-order valence-corrected chi connectivity index (χ3v) is 3.79. The number of carbonyl (C=O) groups excluding carboxylic acids is 1. The molecule has 1 heterocycles. The predicted molar refractivity (Wildman–Crippen MR) is 97.6 cm³/mol. The van der Waals surface area contributed by atoms with Gasteiger partial charge >= 0.3 is 0 Å². The van der Waals surface area contributed by atoms with Gasteiger partial charge in [0.25, 0.3) is 5.91 Å². The quantitative estimate of drug-likeness (QED) is 0.674. The lowest BCUT2D eigenvalue weighted by molar-refractivity contribution is 0.102. The second kappa shape index (κ2) is 7.96. The summed E-state index contributed by atoms with van der Waals surface area (Å²) in [5.41, 5.74) is 0.964. The number of methoxy groups -OCH3 is 1. The minimum atomic E-state index is -0.992. The number of nitrogens with zero attached hydrogens (tertiary/aromatic N) is 2. The van der Waals surface area contributed by atoms with E-state index < -0.39 is 17.5 Å². The molecule has 9 heteroatoms. The van der Waals surface area contributed by atoms with E-state index in [1.165, 1.54) is 25.6 Å². The van der Waals surface area contributed by atoms with E-state index >= 15 is 0 Å². The highest BCUT2D eigenvalue weighted by Crippen LogP contribution is 2.27. The highest BCUT2D eigenvalue weighted by atomic mass is 35.5. The lowest BCUT2D eigenvalue weighted by Crippen LogP contribution is -2.13. The third kappa shape index (κ3) is 4.48. The maximum Gasteiger partial charge on any atom is 0.258 e. The first kappa shape index (κ1) is 18.5. The van der Waals surface area contributed by atoms with Gasteiger partial charge in [-0.25, -0.2) is 18.7 Å². The lowest BCUT2D eigenvalue weighted by atomic mass is 10.2. The van der Waals surface area contributed by atoms with E-state index in [2.05, 4.69) is 20.6 Å². The molecule has 3 rings (SSSR count). The van der Waals surface area contributed by atoms with Gasteiger partial charge < -0.3 is 15.4 Å². The van der Waals surface area contributed by atoms with Crippen molar-refractivity contribution in [3.63, 3.8) is 0 Å². The van der Waals surface area contributed by atoms with Crippen LogP contribution in [-0.4, -0.2) is 23.0 Å². The van der Waals surface area contributed by atoms with Crippen molar-refractivity contribution in [1.29, 1.82) is 0 Å². The van der Waals surface area contributed by atoms with Gasteiger partial charge in [0.1, 0.15) is 5.75 Å². The van der Waals surface area contributed by atoms with Gasteiger partial charge in [-0.3, -0.25) is 4.79 Å². The summed E-state index contributed by atoms with van der Waals surface area (Å²) in [4.78, 5) is 20.2. The van der Waals surface area contributed by atoms with Crippen LogP contribution in [0.5, 0.6) is 5.75 Å². The van der Waals surface area contributed by atoms with E-state index in [9.17, 15) is 13.6 Å². The molecule has 0 spiro atoms. The van der Waals surface area contributed by atoms with Gasteiger partial charge in [-0.2, -0.15) is 0 Å². The highest BCUT2D eigenvalue weighted by Gasteiger charge is 2.10. The Labute approximate surface area is 158 Å². The van der Waals surface area contributed by atoms with Crippen molar-refractivity contribution in [2.75, 3.05) is 17.7 Å². The van der Waals surface area contributed by atoms with Gasteiger partial charge in [-0.15, -0.1) is 0 Å². The molecule has 27 heavy (non-hydrogen) atoms. The number of halogens is 3. The second-order valence-electron chi connectivity index (χ2n) is 5.35. The largest absolute Gasteiger partial charge is 0.495 e. The number of ether oxygens (including phenoxy) is 1. The molecular formula is C18H13ClF2N4O2. The van der Waals surface area contributed by atoms with Crippen LogP contribution < -0.4 is 15.4 Å². The second-order valence-corrected chi connectivity index (χ2v) is 5.76. The number of hydrogen-bond acceptors (Lipinski definition) is 5. The van der Waals surface area contributed by atoms with Crippen molar-refractivity contribution in [3.05, 3.63) is 71.0 Å². The standard InChI is InChI=1S/C18H13ClF2N4O2/c1-27-16-5-3-11(6-13(16)19)24-17(26)10-8-22-18(23-9-10)25-12-2-4-14(20)15(21)7-12/h2-9H,1H3,(H,24,26)(H,22,23,25). The average Bonchev–Trinajstić information content (AvgIpc) is 2.65. The Hall–Kier alpha value is -3.26. The smallest absolute Gasteiger partial charge is 0.258 e. The lowest BCUT2D eigenvalue weighted by Gasteiger charge is -2.08. The van der Waals surface area contributed by atoms with E-state index in [4.69, 9.17) is 16.3 Å². The predicted octanol–water partition coefficient (Wildman–Crippen LogP) is 4.41. The molecule has 6 nitrogen and oxygen atoms in total. The molecular weight excluding hydrogens is 378 g/mol. The third-order valence-electron chi connectivity index (χ3n) is 3.50. The molecule has 138 valence electrons. The van der Waals surface area contributed by atoms with Crippen LogP contribution in [0.1, 0.15) is 10.4 Å². The summed E-state index contributed by atoms with van der Waals surface area (Å²) in [7, 11) is 1.49. The Morgan fingerprint density at radius 3 is 2.37 bits per heavy atom. The molecule has 2 N–H and O–H groups in total. The van der Waals surface area contributed by atoms with E-state index in [0.29, 0.717) is 16.5 Å². The molecule has 0 aliphatic heterocycles. The zero-order valence-corrected chi connectivity index (χ0v) is 14.7. The van der Waals surface area contributed by atoms with Crippen LogP contribution in [0.25, 0.3) is 0 Å². The summed E-state index contributed by atoms with van der Waals surface area (Å²) < 4.78 is 31.2. The van der Waals surface area contributed by atoms with Crippen LogP contribution in [0, 0.1) is 11.6 Å². The average molecular weight is 391 g/mol. The summed E-state index contributed by atoms with van der Waals surface area (Å²) in [6.07, 6.45) is 2.60. The number of nitrogens with one attached hydrogen (secondary N) is 2. The van der Waals surface area contributed by atoms with Crippen molar-refractivity contribution in [2.45, 2.75) is 0 Å². The van der Waals surface area contributed by atoms with Gasteiger partial charge in [0.05, 0.1) is 17.7 Å². The topological polar surface area (TPSA) is 76.1 Å². The molecule has 0 fully saturated rings. The summed E-state index contributed by atoms with van der Waals surface area (Å²) >= 11 is 6.02. The monoisotopic (exact) mass is 390 g/mol. The van der Waals surface area contributed by atoms with Gasteiger partial charge in [0.2, 0.25) is 5.95 Å². The van der Waals surface area contributed by atoms with Crippen molar-refractivity contribution < 1.29 is 18.3 Å². The number of anilines is 3. The molecule has 2 aromatic carbocycles. The van der Waals surface area contributed by atoms with Crippen molar-refractivity contribution in [1.82, 2.24) is 9.97 Å². The van der Waals surface area contributed by atoms with E-state index in [1.54, 1.807) is 18.2 Å². The summed E-state index contributed by atoms with van der Waals surface area (Å²) in [5.74, 6) is -1.76. The summed E-state index contributed by atoms with van der Waals surface area (Å²) in [5, 5.41) is 5.74. The van der Waals surface area contributed by atoms with E-state index in [-0.39, 0.29) is 17.2 Å². The van der Waals surface area contributed by atoms with E-state index in [1.807, 2.05) is 0 Å². The highest BCUT2D eigenvalue weighted by molar-refractivity contribution is 6.32. The van der Waals surface area contributed by atoms with E-state index in [0.717, 1.165) is 12.1 Å². The van der Waals surface area contributed by atoms with Gasteiger partial charge in [0, 0.05) is 29.8 Å². The Bertz CT molecular complexity index is 984. The minimum Gasteiger partial charge on any atom is -0.495 e. The molecule has 0 aliphatic rings. The fourth-order valence-corrected chi connectivity index (χ4v) is 2.42. The maximum atomic E-state index is 13.2. The fraction of sp³-hybridized carbons (Fsp3) is 0.0556. The first-order valence-corrected chi connectivity index (χ1v) is 8.03. The molecule has 3 aromatic rings. The van der Waals surface area contributed by atoms with Crippen LogP contribution in [0.2, 0.25) is 5.02 Å². The van der Waals surface area contributed by atoms with Gasteiger partial charge in [-0.1, -0.05) is 11.6 Å². The van der Waals surface area contributed by atoms with Crippen LogP contribution >= 0.6 is 11.6 Å². The molecule has 1 aromatic heterocycles. The zero-order valence-electron chi connectivity index (χ0n) is 14.0. The fourth-order valence-electron chi connectivity index (χ4n) is 2.16. The first-order chi connectivity index (χ1) is 13.0. The van der Waals surface area contributed by atoms with Crippen LogP contribution in [0.4, 0.5) is 26.1 Å². The molecule has 0 saturated carbocycles. The molecule has 0 bridgehead atoms. The normalized spacial score (nSPS) is 10.4. The van der Waals surface area contributed by atoms with Gasteiger partial charge in [-0.05, 0) is 30.3 Å². The number of hydrogen-bond donors (Lipinski definition) is 2. The molecule has 0 atom stereocenters. The Balaban J connectivity index is 1.68. The van der Waals surface area contributed by atoms with Crippen LogP contribution in [0.15, 0.2) is 48.8 Å². The molecule has 0 radical (unpaired) electrons. The summed E-state index contributed by atoms with van der Waals surface area (Å²) in [6.45, 7) is 0. The van der Waals surface area contributed by atoms with Crippen LogP contribution in [0.3, 0.4) is 0 Å². The Morgan fingerprint density at radius 2 is 1.74 bits per heavy atom. The van der Waals surface area contributed by atoms with Crippen molar-refractivity contribution in [3.8, 4) is 5.75 Å². The molecule has 0 aliphatic carbocycles. The van der Waals surface area contributed by atoms with Crippen molar-refractivity contribution >= 4 is 34.8 Å². The Morgan fingerprint density at radius 1 is 1.04 bits per heavy atom.